The van der Waals surface area contributed by atoms with Crippen molar-refractivity contribution >= 4 is 17.3 Å². The molecule has 1 heterocycles. The third kappa shape index (κ3) is 5.15. The zero-order valence-electron chi connectivity index (χ0n) is 18.0. The Morgan fingerprint density at radius 3 is 2.14 bits per heavy atom. The summed E-state index contributed by atoms with van der Waals surface area (Å²) in [5.74, 6) is 0.755. The van der Waals surface area contributed by atoms with E-state index in [0.717, 1.165) is 29.9 Å². The molecular weight excluding hydrogens is 344 g/mol. The average Bonchev–Trinajstić information content (AvgIpc) is 2.64. The van der Waals surface area contributed by atoms with Crippen molar-refractivity contribution in [1.82, 2.24) is 0 Å². The van der Waals surface area contributed by atoms with E-state index in [1.54, 1.807) is 0 Å². The van der Waals surface area contributed by atoms with Crippen molar-refractivity contribution in [3.05, 3.63) is 59.2 Å². The maximum Gasteiger partial charge on any atom is 0.224 e. The lowest BCUT2D eigenvalue weighted by molar-refractivity contribution is -0.117. The molecule has 150 valence electrons. The minimum absolute atomic E-state index is 0.00503. The Bertz CT molecular complexity index is 789. The fourth-order valence-corrected chi connectivity index (χ4v) is 4.18. The summed E-state index contributed by atoms with van der Waals surface area (Å²) in [5, 5.41) is 3.14. The van der Waals surface area contributed by atoms with Crippen molar-refractivity contribution in [2.45, 2.75) is 59.8 Å². The summed E-state index contributed by atoms with van der Waals surface area (Å²) < 4.78 is 0. The van der Waals surface area contributed by atoms with Gasteiger partial charge in [0.2, 0.25) is 5.91 Å². The second-order valence-electron chi connectivity index (χ2n) is 9.41. The molecule has 0 spiro atoms. The van der Waals surface area contributed by atoms with Gasteiger partial charge in [0.25, 0.3) is 0 Å². The zero-order chi connectivity index (χ0) is 20.3. The van der Waals surface area contributed by atoms with Gasteiger partial charge in [-0.15, -0.1) is 0 Å². The topological polar surface area (TPSA) is 32.3 Å². The molecule has 1 amide bonds. The van der Waals surface area contributed by atoms with Gasteiger partial charge in [0.1, 0.15) is 0 Å². The SMILES string of the molecule is Cc1cc(N2CCC(c3ccccc3)CC2)cc(C)c1NC(=O)CC(C)(C)C. The number of nitrogens with zero attached hydrogens (tertiary/aromatic N) is 1. The fourth-order valence-electron chi connectivity index (χ4n) is 4.18. The molecule has 0 atom stereocenters. The summed E-state index contributed by atoms with van der Waals surface area (Å²) in [6.07, 6.45) is 2.90. The van der Waals surface area contributed by atoms with Gasteiger partial charge in [-0.3, -0.25) is 4.79 Å². The van der Waals surface area contributed by atoms with Gasteiger partial charge >= 0.3 is 0 Å². The van der Waals surface area contributed by atoms with Gasteiger partial charge in [-0.2, -0.15) is 0 Å². The van der Waals surface area contributed by atoms with Crippen LogP contribution in [-0.2, 0) is 4.79 Å². The van der Waals surface area contributed by atoms with Crippen molar-refractivity contribution in [2.75, 3.05) is 23.3 Å². The summed E-state index contributed by atoms with van der Waals surface area (Å²) >= 11 is 0. The second kappa shape index (κ2) is 8.38. The molecule has 0 aliphatic carbocycles. The van der Waals surface area contributed by atoms with E-state index in [1.165, 1.54) is 24.1 Å². The third-order valence-electron chi connectivity index (χ3n) is 5.60. The van der Waals surface area contributed by atoms with Gasteiger partial charge in [0.05, 0.1) is 0 Å². The first-order valence-corrected chi connectivity index (χ1v) is 10.4. The number of amides is 1. The van der Waals surface area contributed by atoms with Crippen molar-refractivity contribution in [3.8, 4) is 0 Å². The normalized spacial score (nSPS) is 15.5. The Morgan fingerprint density at radius 1 is 1.04 bits per heavy atom. The largest absolute Gasteiger partial charge is 0.371 e. The molecule has 0 aromatic heterocycles. The molecule has 0 saturated carbocycles. The predicted octanol–water partition coefficient (Wildman–Crippen LogP) is 6.06. The van der Waals surface area contributed by atoms with Gasteiger partial charge in [0.15, 0.2) is 0 Å². The molecule has 0 bridgehead atoms. The maximum atomic E-state index is 12.4. The van der Waals surface area contributed by atoms with Crippen molar-refractivity contribution < 1.29 is 4.79 Å². The molecule has 1 saturated heterocycles. The molecule has 2 aromatic carbocycles. The highest BCUT2D eigenvalue weighted by molar-refractivity contribution is 5.93. The first kappa shape index (κ1) is 20.4. The van der Waals surface area contributed by atoms with Crippen LogP contribution in [0.15, 0.2) is 42.5 Å². The number of aryl methyl sites for hydroxylation is 2. The molecule has 1 aliphatic heterocycles. The van der Waals surface area contributed by atoms with Crippen LogP contribution in [0.4, 0.5) is 11.4 Å². The first-order chi connectivity index (χ1) is 13.2. The lowest BCUT2D eigenvalue weighted by Crippen LogP contribution is -2.33. The van der Waals surface area contributed by atoms with E-state index in [4.69, 9.17) is 0 Å². The number of benzene rings is 2. The van der Waals surface area contributed by atoms with Crippen LogP contribution in [0, 0.1) is 19.3 Å². The van der Waals surface area contributed by atoms with E-state index < -0.39 is 0 Å². The second-order valence-corrected chi connectivity index (χ2v) is 9.41. The molecule has 0 radical (unpaired) electrons. The van der Waals surface area contributed by atoms with Crippen LogP contribution in [0.2, 0.25) is 0 Å². The predicted molar refractivity (Wildman–Crippen MR) is 119 cm³/mol. The molecule has 3 nitrogen and oxygen atoms in total. The van der Waals surface area contributed by atoms with Crippen molar-refractivity contribution in [3.63, 3.8) is 0 Å². The monoisotopic (exact) mass is 378 g/mol. The molecule has 28 heavy (non-hydrogen) atoms. The lowest BCUT2D eigenvalue weighted by Gasteiger charge is -2.34. The van der Waals surface area contributed by atoms with Crippen LogP contribution >= 0.6 is 0 Å². The third-order valence-corrected chi connectivity index (χ3v) is 5.60. The van der Waals surface area contributed by atoms with Gasteiger partial charge < -0.3 is 10.2 Å². The van der Waals surface area contributed by atoms with E-state index in [-0.39, 0.29) is 11.3 Å². The Balaban J connectivity index is 1.67. The van der Waals surface area contributed by atoms with Gasteiger partial charge in [-0.05, 0) is 66.8 Å². The molecule has 1 aliphatic rings. The van der Waals surface area contributed by atoms with E-state index in [0.29, 0.717) is 12.3 Å². The Hall–Kier alpha value is -2.29. The molecule has 3 heteroatoms. The highest BCUT2D eigenvalue weighted by Crippen LogP contribution is 2.33. The lowest BCUT2D eigenvalue weighted by atomic mass is 9.89. The number of rotatable bonds is 4. The first-order valence-electron chi connectivity index (χ1n) is 10.4. The highest BCUT2D eigenvalue weighted by Gasteiger charge is 2.22. The van der Waals surface area contributed by atoms with E-state index in [1.807, 2.05) is 0 Å². The Kier molecular flexibility index (Phi) is 6.12. The smallest absolute Gasteiger partial charge is 0.224 e. The van der Waals surface area contributed by atoms with Crippen molar-refractivity contribution in [2.24, 2.45) is 5.41 Å². The minimum atomic E-state index is -0.00503. The summed E-state index contributed by atoms with van der Waals surface area (Å²) in [6.45, 7) is 12.6. The molecule has 0 unspecified atom stereocenters. The van der Waals surface area contributed by atoms with Crippen LogP contribution in [-0.4, -0.2) is 19.0 Å². The Labute approximate surface area is 170 Å². The number of anilines is 2. The van der Waals surface area contributed by atoms with E-state index >= 15 is 0 Å². The van der Waals surface area contributed by atoms with E-state index in [2.05, 4.69) is 87.3 Å². The number of piperidine rings is 1. The minimum Gasteiger partial charge on any atom is -0.371 e. The average molecular weight is 379 g/mol. The molecule has 1 fully saturated rings. The van der Waals surface area contributed by atoms with Crippen molar-refractivity contribution in [1.29, 1.82) is 0 Å². The van der Waals surface area contributed by atoms with Crippen LogP contribution in [0.1, 0.15) is 62.6 Å². The van der Waals surface area contributed by atoms with Crippen LogP contribution in [0.25, 0.3) is 0 Å². The van der Waals surface area contributed by atoms with Gasteiger partial charge in [-0.25, -0.2) is 0 Å². The standard InChI is InChI=1S/C25H34N2O/c1-18-15-22(16-19(2)24(18)26-23(28)17-25(3,4)5)27-13-11-21(12-14-27)20-9-7-6-8-10-20/h6-10,15-16,21H,11-14,17H2,1-5H3,(H,26,28). The van der Waals surface area contributed by atoms with Crippen LogP contribution in [0.3, 0.4) is 0 Å². The Morgan fingerprint density at radius 2 is 1.61 bits per heavy atom. The van der Waals surface area contributed by atoms with Gasteiger partial charge in [0, 0.05) is 30.9 Å². The number of carbonyl (C=O) groups is 1. The van der Waals surface area contributed by atoms with Gasteiger partial charge in [-0.1, -0.05) is 51.1 Å². The molecular formula is C25H34N2O. The number of hydrogen-bond acceptors (Lipinski definition) is 2. The molecule has 3 rings (SSSR count). The molecule has 1 N–H and O–H groups in total. The summed E-state index contributed by atoms with van der Waals surface area (Å²) in [4.78, 5) is 14.9. The summed E-state index contributed by atoms with van der Waals surface area (Å²) in [5.41, 5.74) is 5.98. The fraction of sp³-hybridized carbons (Fsp3) is 0.480. The zero-order valence-corrected chi connectivity index (χ0v) is 18.0. The maximum absolute atomic E-state index is 12.4. The summed E-state index contributed by atoms with van der Waals surface area (Å²) in [7, 11) is 0. The number of nitrogens with one attached hydrogen (secondary N) is 1. The van der Waals surface area contributed by atoms with Crippen LogP contribution in [0.5, 0.6) is 0 Å². The number of hydrogen-bond donors (Lipinski definition) is 1. The quantitative estimate of drug-likeness (QED) is 0.701. The highest BCUT2D eigenvalue weighted by atomic mass is 16.1. The molecule has 2 aromatic rings. The van der Waals surface area contributed by atoms with E-state index in [9.17, 15) is 4.79 Å². The van der Waals surface area contributed by atoms with Crippen LogP contribution < -0.4 is 10.2 Å². The number of carbonyl (C=O) groups excluding carboxylic acids is 1. The summed E-state index contributed by atoms with van der Waals surface area (Å²) in [6, 6.07) is 15.3.